The van der Waals surface area contributed by atoms with E-state index in [-0.39, 0.29) is 5.54 Å². The Kier molecular flexibility index (Phi) is 4.99. The minimum Gasteiger partial charge on any atom is -0.329 e. The van der Waals surface area contributed by atoms with Crippen LogP contribution in [-0.4, -0.2) is 39.9 Å². The molecule has 0 saturated heterocycles. The van der Waals surface area contributed by atoms with Crippen LogP contribution in [0.4, 0.5) is 0 Å². The summed E-state index contributed by atoms with van der Waals surface area (Å²) < 4.78 is 2.01. The van der Waals surface area contributed by atoms with Crippen molar-refractivity contribution in [2.45, 2.75) is 51.6 Å². The number of hydrogen-bond donors (Lipinski definition) is 1. The van der Waals surface area contributed by atoms with Crippen LogP contribution in [0, 0.1) is 5.92 Å². The minimum atomic E-state index is 0.231. The van der Waals surface area contributed by atoms with Gasteiger partial charge in [0, 0.05) is 31.0 Å². The predicted molar refractivity (Wildman–Crippen MR) is 78.9 cm³/mol. The second-order valence-corrected chi connectivity index (χ2v) is 5.96. The second-order valence-electron chi connectivity index (χ2n) is 5.96. The standard InChI is InChI=1S/C15H28N4/c1-3-18(11-12-19-10-4-9-17-19)15(13-16)7-5-14(2)6-8-15/h4,9-10,14H,3,5-8,11-13,16H2,1-2H3. The predicted octanol–water partition coefficient (Wildman–Crippen LogP) is 2.11. The highest BCUT2D eigenvalue weighted by atomic mass is 15.3. The summed E-state index contributed by atoms with van der Waals surface area (Å²) in [5.41, 5.74) is 6.38. The van der Waals surface area contributed by atoms with Crippen molar-refractivity contribution in [2.75, 3.05) is 19.6 Å². The van der Waals surface area contributed by atoms with Crippen LogP contribution in [0.1, 0.15) is 39.5 Å². The van der Waals surface area contributed by atoms with E-state index < -0.39 is 0 Å². The van der Waals surface area contributed by atoms with Gasteiger partial charge in [-0.1, -0.05) is 13.8 Å². The van der Waals surface area contributed by atoms with Gasteiger partial charge in [-0.25, -0.2) is 0 Å². The topological polar surface area (TPSA) is 47.1 Å². The monoisotopic (exact) mass is 264 g/mol. The van der Waals surface area contributed by atoms with E-state index in [0.717, 1.165) is 32.1 Å². The number of rotatable bonds is 6. The molecule has 0 atom stereocenters. The van der Waals surface area contributed by atoms with Crippen molar-refractivity contribution in [1.82, 2.24) is 14.7 Å². The number of hydrogen-bond acceptors (Lipinski definition) is 3. The van der Waals surface area contributed by atoms with Crippen LogP contribution < -0.4 is 5.73 Å². The Balaban J connectivity index is 1.97. The van der Waals surface area contributed by atoms with E-state index in [1.54, 1.807) is 0 Å². The highest BCUT2D eigenvalue weighted by molar-refractivity contribution is 4.95. The van der Waals surface area contributed by atoms with Crippen molar-refractivity contribution >= 4 is 0 Å². The molecule has 4 heteroatoms. The molecule has 0 spiro atoms. The number of likely N-dealkylation sites (N-methyl/N-ethyl adjacent to an activating group) is 1. The Morgan fingerprint density at radius 2 is 2.16 bits per heavy atom. The molecule has 0 bridgehead atoms. The molecule has 2 N–H and O–H groups in total. The van der Waals surface area contributed by atoms with Crippen LogP contribution in [0.15, 0.2) is 18.5 Å². The SMILES string of the molecule is CCN(CCn1cccn1)C1(CN)CCC(C)CC1. The Labute approximate surface area is 117 Å². The first-order valence-electron chi connectivity index (χ1n) is 7.63. The lowest BCUT2D eigenvalue weighted by molar-refractivity contribution is 0.0454. The summed E-state index contributed by atoms with van der Waals surface area (Å²) in [6, 6.07) is 1.98. The molecule has 4 nitrogen and oxygen atoms in total. The zero-order valence-electron chi connectivity index (χ0n) is 12.4. The van der Waals surface area contributed by atoms with Crippen molar-refractivity contribution in [3.8, 4) is 0 Å². The molecule has 2 rings (SSSR count). The Bertz CT molecular complexity index is 352. The summed E-state index contributed by atoms with van der Waals surface area (Å²) in [4.78, 5) is 2.58. The lowest BCUT2D eigenvalue weighted by Crippen LogP contribution is -2.56. The lowest BCUT2D eigenvalue weighted by Gasteiger charge is -2.47. The van der Waals surface area contributed by atoms with Gasteiger partial charge in [-0.15, -0.1) is 0 Å². The minimum absolute atomic E-state index is 0.231. The molecular formula is C15H28N4. The maximum absolute atomic E-state index is 6.15. The molecule has 1 heterocycles. The summed E-state index contributed by atoms with van der Waals surface area (Å²) in [6.07, 6.45) is 9.00. The summed E-state index contributed by atoms with van der Waals surface area (Å²) in [6.45, 7) is 8.47. The van der Waals surface area contributed by atoms with Crippen molar-refractivity contribution in [2.24, 2.45) is 11.7 Å². The molecule has 0 radical (unpaired) electrons. The van der Waals surface area contributed by atoms with E-state index in [2.05, 4.69) is 23.8 Å². The summed E-state index contributed by atoms with van der Waals surface area (Å²) in [7, 11) is 0. The first kappa shape index (κ1) is 14.5. The summed E-state index contributed by atoms with van der Waals surface area (Å²) >= 11 is 0. The molecule has 0 unspecified atom stereocenters. The van der Waals surface area contributed by atoms with Crippen molar-refractivity contribution in [3.05, 3.63) is 18.5 Å². The van der Waals surface area contributed by atoms with Gasteiger partial charge >= 0.3 is 0 Å². The molecule has 19 heavy (non-hydrogen) atoms. The molecule has 0 aromatic carbocycles. The first-order chi connectivity index (χ1) is 9.20. The van der Waals surface area contributed by atoms with E-state index in [1.165, 1.54) is 25.7 Å². The van der Waals surface area contributed by atoms with Gasteiger partial charge in [0.05, 0.1) is 6.54 Å². The molecule has 1 aliphatic carbocycles. The Hall–Kier alpha value is -0.870. The normalized spacial score (nSPS) is 27.9. The third kappa shape index (κ3) is 3.37. The number of aromatic nitrogens is 2. The fourth-order valence-corrected chi connectivity index (χ4v) is 3.34. The van der Waals surface area contributed by atoms with Gasteiger partial charge in [-0.2, -0.15) is 5.10 Å². The van der Waals surface area contributed by atoms with Gasteiger partial charge in [-0.05, 0) is 44.2 Å². The van der Waals surface area contributed by atoms with Crippen LogP contribution in [0.2, 0.25) is 0 Å². The Morgan fingerprint density at radius 1 is 1.42 bits per heavy atom. The third-order valence-electron chi connectivity index (χ3n) is 4.80. The van der Waals surface area contributed by atoms with E-state index in [4.69, 9.17) is 5.73 Å². The first-order valence-corrected chi connectivity index (χ1v) is 7.63. The molecule has 1 saturated carbocycles. The van der Waals surface area contributed by atoms with Crippen LogP contribution in [0.5, 0.6) is 0 Å². The molecular weight excluding hydrogens is 236 g/mol. The zero-order valence-corrected chi connectivity index (χ0v) is 12.4. The van der Waals surface area contributed by atoms with E-state index in [0.29, 0.717) is 0 Å². The van der Waals surface area contributed by atoms with Crippen LogP contribution in [0.3, 0.4) is 0 Å². The molecule has 1 fully saturated rings. The smallest absolute Gasteiger partial charge is 0.0536 e. The quantitative estimate of drug-likeness (QED) is 0.856. The summed E-state index contributed by atoms with van der Waals surface area (Å²) in [5, 5.41) is 4.29. The Morgan fingerprint density at radius 3 is 2.68 bits per heavy atom. The largest absolute Gasteiger partial charge is 0.329 e. The highest BCUT2D eigenvalue weighted by Gasteiger charge is 2.37. The van der Waals surface area contributed by atoms with Crippen LogP contribution >= 0.6 is 0 Å². The molecule has 0 aliphatic heterocycles. The average Bonchev–Trinajstić information content (AvgIpc) is 2.95. The molecule has 1 aromatic rings. The van der Waals surface area contributed by atoms with Crippen LogP contribution in [0.25, 0.3) is 0 Å². The van der Waals surface area contributed by atoms with Gasteiger partial charge in [-0.3, -0.25) is 9.58 Å². The molecule has 1 aromatic heterocycles. The van der Waals surface area contributed by atoms with E-state index in [9.17, 15) is 0 Å². The van der Waals surface area contributed by atoms with Crippen molar-refractivity contribution in [3.63, 3.8) is 0 Å². The van der Waals surface area contributed by atoms with Crippen LogP contribution in [-0.2, 0) is 6.54 Å². The van der Waals surface area contributed by atoms with Gasteiger partial charge < -0.3 is 5.73 Å². The maximum atomic E-state index is 6.15. The highest BCUT2D eigenvalue weighted by Crippen LogP contribution is 2.35. The number of nitrogens with two attached hydrogens (primary N) is 1. The second kappa shape index (κ2) is 6.53. The fraction of sp³-hybridized carbons (Fsp3) is 0.800. The molecule has 108 valence electrons. The molecule has 0 amide bonds. The van der Waals surface area contributed by atoms with Gasteiger partial charge in [0.15, 0.2) is 0 Å². The number of nitrogens with zero attached hydrogens (tertiary/aromatic N) is 3. The molecule has 1 aliphatic rings. The third-order valence-corrected chi connectivity index (χ3v) is 4.80. The van der Waals surface area contributed by atoms with Crippen molar-refractivity contribution < 1.29 is 0 Å². The average molecular weight is 264 g/mol. The van der Waals surface area contributed by atoms with Gasteiger partial charge in [0.25, 0.3) is 0 Å². The van der Waals surface area contributed by atoms with Gasteiger partial charge in [0.2, 0.25) is 0 Å². The van der Waals surface area contributed by atoms with Crippen molar-refractivity contribution in [1.29, 1.82) is 0 Å². The van der Waals surface area contributed by atoms with Gasteiger partial charge in [0.1, 0.15) is 0 Å². The zero-order chi connectivity index (χ0) is 13.7. The van der Waals surface area contributed by atoms with E-state index >= 15 is 0 Å². The lowest BCUT2D eigenvalue weighted by atomic mass is 9.76. The van der Waals surface area contributed by atoms with E-state index in [1.807, 2.05) is 23.1 Å². The fourth-order valence-electron chi connectivity index (χ4n) is 3.34. The summed E-state index contributed by atoms with van der Waals surface area (Å²) in [5.74, 6) is 0.865. The maximum Gasteiger partial charge on any atom is 0.0536 e.